The maximum atomic E-state index is 11.2. The molecule has 12 heavy (non-hydrogen) atoms. The SMILES string of the molecule is NC(=O)C12CCCC(CCC1)N2. The van der Waals surface area contributed by atoms with Crippen molar-refractivity contribution in [3.63, 3.8) is 0 Å². The van der Waals surface area contributed by atoms with Crippen LogP contribution in [0.25, 0.3) is 0 Å². The van der Waals surface area contributed by atoms with Crippen molar-refractivity contribution < 1.29 is 4.79 Å². The topological polar surface area (TPSA) is 55.1 Å². The lowest BCUT2D eigenvalue weighted by molar-refractivity contribution is -0.127. The lowest BCUT2D eigenvalue weighted by Crippen LogP contribution is -2.63. The molecule has 0 atom stereocenters. The molecule has 0 aliphatic carbocycles. The predicted octanol–water partition coefficient (Wildman–Crippen LogP) is 0.536. The fraction of sp³-hybridized carbons (Fsp3) is 0.889. The molecule has 0 unspecified atom stereocenters. The summed E-state index contributed by atoms with van der Waals surface area (Å²) in [7, 11) is 0. The number of hydrogen-bond acceptors (Lipinski definition) is 2. The zero-order chi connectivity index (χ0) is 8.60. The number of hydrogen-bond donors (Lipinski definition) is 2. The van der Waals surface area contributed by atoms with Gasteiger partial charge in [0, 0.05) is 6.04 Å². The largest absolute Gasteiger partial charge is 0.368 e. The number of primary amides is 1. The highest BCUT2D eigenvalue weighted by Crippen LogP contribution is 2.33. The molecule has 2 bridgehead atoms. The highest BCUT2D eigenvalue weighted by atomic mass is 16.1. The van der Waals surface area contributed by atoms with Gasteiger partial charge >= 0.3 is 0 Å². The van der Waals surface area contributed by atoms with Crippen LogP contribution in [0.15, 0.2) is 0 Å². The lowest BCUT2D eigenvalue weighted by atomic mass is 9.76. The first kappa shape index (κ1) is 8.05. The second kappa shape index (κ2) is 2.73. The molecule has 3 nitrogen and oxygen atoms in total. The number of amides is 1. The Morgan fingerprint density at radius 3 is 2.33 bits per heavy atom. The van der Waals surface area contributed by atoms with E-state index in [2.05, 4.69) is 5.32 Å². The van der Waals surface area contributed by atoms with Gasteiger partial charge in [0.15, 0.2) is 0 Å². The molecule has 2 rings (SSSR count). The number of carbonyl (C=O) groups excluding carboxylic acids is 1. The van der Waals surface area contributed by atoms with Crippen molar-refractivity contribution >= 4 is 5.91 Å². The van der Waals surface area contributed by atoms with Crippen molar-refractivity contribution in [3.8, 4) is 0 Å². The second-order valence-electron chi connectivity index (χ2n) is 4.07. The van der Waals surface area contributed by atoms with Gasteiger partial charge in [-0.2, -0.15) is 0 Å². The fourth-order valence-corrected chi connectivity index (χ4v) is 2.57. The first-order valence-electron chi connectivity index (χ1n) is 4.81. The fourth-order valence-electron chi connectivity index (χ4n) is 2.57. The molecule has 68 valence electrons. The predicted molar refractivity (Wildman–Crippen MR) is 46.6 cm³/mol. The van der Waals surface area contributed by atoms with Gasteiger partial charge in [-0.25, -0.2) is 0 Å². The summed E-state index contributed by atoms with van der Waals surface area (Å²) in [5.41, 5.74) is 5.08. The molecule has 3 heteroatoms. The average molecular weight is 168 g/mol. The molecule has 0 aromatic heterocycles. The van der Waals surface area contributed by atoms with Gasteiger partial charge in [-0.05, 0) is 38.5 Å². The molecule has 0 spiro atoms. The van der Waals surface area contributed by atoms with E-state index in [1.165, 1.54) is 12.8 Å². The van der Waals surface area contributed by atoms with Gasteiger partial charge in [0.1, 0.15) is 0 Å². The summed E-state index contributed by atoms with van der Waals surface area (Å²) in [4.78, 5) is 11.2. The van der Waals surface area contributed by atoms with Crippen LogP contribution in [-0.4, -0.2) is 17.5 Å². The lowest BCUT2D eigenvalue weighted by Gasteiger charge is -2.44. The minimum absolute atomic E-state index is 0.146. The minimum atomic E-state index is -0.332. The molecule has 2 fully saturated rings. The van der Waals surface area contributed by atoms with Gasteiger partial charge in [0.05, 0.1) is 5.54 Å². The van der Waals surface area contributed by atoms with E-state index in [1.807, 2.05) is 0 Å². The molecular weight excluding hydrogens is 152 g/mol. The van der Waals surface area contributed by atoms with Crippen LogP contribution in [0.2, 0.25) is 0 Å². The zero-order valence-corrected chi connectivity index (χ0v) is 7.31. The Labute approximate surface area is 72.7 Å². The highest BCUT2D eigenvalue weighted by Gasteiger charge is 2.42. The van der Waals surface area contributed by atoms with Gasteiger partial charge in [0.2, 0.25) is 5.91 Å². The summed E-state index contributed by atoms with van der Waals surface area (Å²) >= 11 is 0. The summed E-state index contributed by atoms with van der Waals surface area (Å²) in [6.07, 6.45) is 6.63. The molecule has 0 saturated carbocycles. The van der Waals surface area contributed by atoms with Crippen LogP contribution in [0.3, 0.4) is 0 Å². The number of nitrogens with two attached hydrogens (primary N) is 1. The van der Waals surface area contributed by atoms with Crippen LogP contribution >= 0.6 is 0 Å². The Morgan fingerprint density at radius 1 is 1.33 bits per heavy atom. The van der Waals surface area contributed by atoms with Crippen LogP contribution < -0.4 is 11.1 Å². The number of carbonyl (C=O) groups is 1. The second-order valence-corrected chi connectivity index (χ2v) is 4.07. The van der Waals surface area contributed by atoms with Gasteiger partial charge < -0.3 is 11.1 Å². The number of rotatable bonds is 1. The standard InChI is InChI=1S/C9H16N2O/c10-8(12)9-5-1-3-7(11-9)4-2-6-9/h7,11H,1-6H2,(H2,10,12). The van der Waals surface area contributed by atoms with Crippen molar-refractivity contribution in [1.82, 2.24) is 5.32 Å². The molecule has 2 saturated heterocycles. The van der Waals surface area contributed by atoms with Crippen LogP contribution in [0.5, 0.6) is 0 Å². The Balaban J connectivity index is 2.17. The van der Waals surface area contributed by atoms with E-state index in [4.69, 9.17) is 5.73 Å². The van der Waals surface area contributed by atoms with Crippen LogP contribution in [0, 0.1) is 0 Å². The van der Waals surface area contributed by atoms with E-state index in [1.54, 1.807) is 0 Å². The summed E-state index contributed by atoms with van der Waals surface area (Å²) in [6, 6.07) is 0.556. The van der Waals surface area contributed by atoms with Gasteiger partial charge in [-0.1, -0.05) is 0 Å². The molecule has 0 aromatic rings. The summed E-state index contributed by atoms with van der Waals surface area (Å²) in [5.74, 6) is -0.146. The van der Waals surface area contributed by atoms with Crippen molar-refractivity contribution in [2.45, 2.75) is 50.1 Å². The Morgan fingerprint density at radius 2 is 1.92 bits per heavy atom. The van der Waals surface area contributed by atoms with E-state index in [9.17, 15) is 4.79 Å². The minimum Gasteiger partial charge on any atom is -0.368 e. The summed E-state index contributed by atoms with van der Waals surface area (Å²) in [6.45, 7) is 0. The third kappa shape index (κ3) is 1.12. The van der Waals surface area contributed by atoms with Crippen molar-refractivity contribution in [3.05, 3.63) is 0 Å². The first-order chi connectivity index (χ1) is 5.73. The Kier molecular flexibility index (Phi) is 1.83. The number of nitrogens with one attached hydrogen (secondary N) is 1. The molecule has 3 N–H and O–H groups in total. The van der Waals surface area contributed by atoms with E-state index in [-0.39, 0.29) is 11.4 Å². The third-order valence-electron chi connectivity index (χ3n) is 3.26. The van der Waals surface area contributed by atoms with E-state index in [0.29, 0.717) is 6.04 Å². The molecular formula is C9H16N2O. The molecule has 0 aromatic carbocycles. The Hall–Kier alpha value is -0.570. The van der Waals surface area contributed by atoms with Gasteiger partial charge in [-0.3, -0.25) is 4.79 Å². The maximum Gasteiger partial charge on any atom is 0.237 e. The molecule has 2 heterocycles. The van der Waals surface area contributed by atoms with E-state index in [0.717, 1.165) is 25.7 Å². The van der Waals surface area contributed by atoms with Crippen LogP contribution in [0.1, 0.15) is 38.5 Å². The molecule has 1 amide bonds. The highest BCUT2D eigenvalue weighted by molar-refractivity contribution is 5.85. The quantitative estimate of drug-likeness (QED) is 0.600. The van der Waals surface area contributed by atoms with E-state index >= 15 is 0 Å². The van der Waals surface area contributed by atoms with Gasteiger partial charge in [0.25, 0.3) is 0 Å². The Bertz CT molecular complexity index is 193. The average Bonchev–Trinajstić information content (AvgIpc) is 2.04. The van der Waals surface area contributed by atoms with Gasteiger partial charge in [-0.15, -0.1) is 0 Å². The van der Waals surface area contributed by atoms with Crippen LogP contribution in [-0.2, 0) is 4.79 Å². The van der Waals surface area contributed by atoms with Crippen molar-refractivity contribution in [2.24, 2.45) is 5.73 Å². The molecule has 2 aliphatic heterocycles. The molecule has 2 aliphatic rings. The first-order valence-corrected chi connectivity index (χ1v) is 4.81. The summed E-state index contributed by atoms with van der Waals surface area (Å²) in [5, 5.41) is 3.39. The zero-order valence-electron chi connectivity index (χ0n) is 7.31. The normalized spacial score (nSPS) is 40.8. The van der Waals surface area contributed by atoms with Crippen molar-refractivity contribution in [1.29, 1.82) is 0 Å². The number of fused-ring (bicyclic) bond motifs is 2. The van der Waals surface area contributed by atoms with Crippen LogP contribution in [0.4, 0.5) is 0 Å². The molecule has 0 radical (unpaired) electrons. The monoisotopic (exact) mass is 168 g/mol. The maximum absolute atomic E-state index is 11.2. The summed E-state index contributed by atoms with van der Waals surface area (Å²) < 4.78 is 0. The third-order valence-corrected chi connectivity index (χ3v) is 3.26. The van der Waals surface area contributed by atoms with Crippen molar-refractivity contribution in [2.75, 3.05) is 0 Å². The smallest absolute Gasteiger partial charge is 0.237 e. The number of piperidine rings is 2. The van der Waals surface area contributed by atoms with E-state index < -0.39 is 0 Å².